The molecule has 0 saturated heterocycles. The van der Waals surface area contributed by atoms with Crippen molar-refractivity contribution < 1.29 is 18.7 Å². The van der Waals surface area contributed by atoms with E-state index in [2.05, 4.69) is 41.6 Å². The van der Waals surface area contributed by atoms with Crippen molar-refractivity contribution in [3.63, 3.8) is 0 Å². The largest absolute Gasteiger partial charge is 0.454 e. The standard InChI is InChI=1S/C25H21N3O4S/c1-14(2)16-5-9-20-19(11-16)27-24(32-20)15-3-7-18(8-4-15)26-25(33)28-23(29)17-6-10-21-22(12-17)31-13-30-21/h3-12,14H,13H2,1-2H3,(H2,26,28,29,33). The van der Waals surface area contributed by atoms with Crippen LogP contribution in [-0.2, 0) is 0 Å². The minimum atomic E-state index is -0.338. The minimum absolute atomic E-state index is 0.152. The van der Waals surface area contributed by atoms with Gasteiger partial charge in [-0.3, -0.25) is 10.1 Å². The first kappa shape index (κ1) is 21.0. The van der Waals surface area contributed by atoms with Crippen molar-refractivity contribution in [2.24, 2.45) is 0 Å². The molecule has 1 aliphatic rings. The van der Waals surface area contributed by atoms with E-state index in [-0.39, 0.29) is 17.8 Å². The van der Waals surface area contributed by atoms with Gasteiger partial charge < -0.3 is 19.2 Å². The Balaban J connectivity index is 1.24. The van der Waals surface area contributed by atoms with Gasteiger partial charge in [0.15, 0.2) is 22.2 Å². The summed E-state index contributed by atoms with van der Waals surface area (Å²) in [7, 11) is 0. The van der Waals surface area contributed by atoms with Crippen LogP contribution in [0.1, 0.15) is 35.7 Å². The van der Waals surface area contributed by atoms with Gasteiger partial charge in [0.1, 0.15) is 5.52 Å². The average Bonchev–Trinajstić information content (AvgIpc) is 3.45. The van der Waals surface area contributed by atoms with E-state index >= 15 is 0 Å². The van der Waals surface area contributed by atoms with Gasteiger partial charge in [-0.15, -0.1) is 0 Å². The second-order valence-corrected chi connectivity index (χ2v) is 8.36. The molecule has 0 atom stereocenters. The number of fused-ring (bicyclic) bond motifs is 2. The van der Waals surface area contributed by atoms with Gasteiger partial charge in [-0.2, -0.15) is 0 Å². The lowest BCUT2D eigenvalue weighted by Gasteiger charge is -2.10. The first-order valence-electron chi connectivity index (χ1n) is 10.5. The zero-order valence-electron chi connectivity index (χ0n) is 18.0. The number of benzene rings is 3. The summed E-state index contributed by atoms with van der Waals surface area (Å²) in [6.45, 7) is 4.45. The van der Waals surface area contributed by atoms with Crippen LogP contribution in [0, 0.1) is 0 Å². The number of hydrogen-bond donors (Lipinski definition) is 2. The maximum atomic E-state index is 12.5. The first-order chi connectivity index (χ1) is 16.0. The Bertz CT molecular complexity index is 1360. The number of anilines is 1. The van der Waals surface area contributed by atoms with Crippen molar-refractivity contribution in [1.82, 2.24) is 10.3 Å². The van der Waals surface area contributed by atoms with E-state index in [0.717, 1.165) is 22.4 Å². The lowest BCUT2D eigenvalue weighted by molar-refractivity contribution is 0.0977. The number of carbonyl (C=O) groups excluding carboxylic acids is 1. The number of oxazole rings is 1. The topological polar surface area (TPSA) is 85.6 Å². The number of nitrogens with one attached hydrogen (secondary N) is 2. The van der Waals surface area contributed by atoms with Crippen LogP contribution in [0.15, 0.2) is 65.1 Å². The predicted molar refractivity (Wildman–Crippen MR) is 130 cm³/mol. The number of ether oxygens (including phenoxy) is 2. The third kappa shape index (κ3) is 4.38. The number of aromatic nitrogens is 1. The number of thiocarbonyl (C=S) groups is 1. The van der Waals surface area contributed by atoms with E-state index in [9.17, 15) is 4.79 Å². The van der Waals surface area contributed by atoms with Crippen LogP contribution < -0.4 is 20.1 Å². The van der Waals surface area contributed by atoms with Crippen molar-refractivity contribution in [3.05, 3.63) is 71.8 Å². The summed E-state index contributed by atoms with van der Waals surface area (Å²) in [5, 5.41) is 5.87. The van der Waals surface area contributed by atoms with Crippen LogP contribution in [0.2, 0.25) is 0 Å². The molecule has 8 heteroatoms. The highest BCUT2D eigenvalue weighted by Gasteiger charge is 2.17. The molecule has 3 aromatic carbocycles. The van der Waals surface area contributed by atoms with E-state index in [1.165, 1.54) is 5.56 Å². The van der Waals surface area contributed by atoms with E-state index < -0.39 is 0 Å². The van der Waals surface area contributed by atoms with Gasteiger partial charge in [0.2, 0.25) is 12.7 Å². The molecule has 0 radical (unpaired) electrons. The van der Waals surface area contributed by atoms with Gasteiger partial charge >= 0.3 is 0 Å². The van der Waals surface area contributed by atoms with Crippen LogP contribution in [0.5, 0.6) is 11.5 Å². The summed E-state index contributed by atoms with van der Waals surface area (Å²) in [6, 6.07) is 18.5. The molecule has 0 spiro atoms. The Kier molecular flexibility index (Phi) is 5.43. The monoisotopic (exact) mass is 459 g/mol. The molecule has 0 unspecified atom stereocenters. The Morgan fingerprint density at radius 3 is 2.58 bits per heavy atom. The molecule has 0 bridgehead atoms. The highest BCUT2D eigenvalue weighted by molar-refractivity contribution is 7.80. The molecule has 0 aliphatic carbocycles. The summed E-state index contributed by atoms with van der Waals surface area (Å²) >= 11 is 5.28. The minimum Gasteiger partial charge on any atom is -0.454 e. The Labute approximate surface area is 195 Å². The van der Waals surface area contributed by atoms with Crippen LogP contribution in [0.3, 0.4) is 0 Å². The van der Waals surface area contributed by atoms with Crippen molar-refractivity contribution in [2.75, 3.05) is 12.1 Å². The fourth-order valence-electron chi connectivity index (χ4n) is 3.50. The third-order valence-electron chi connectivity index (χ3n) is 5.33. The second kappa shape index (κ2) is 8.55. The number of hydrogen-bond acceptors (Lipinski definition) is 6. The summed E-state index contributed by atoms with van der Waals surface area (Å²) in [4.78, 5) is 17.1. The van der Waals surface area contributed by atoms with E-state index in [1.807, 2.05) is 30.3 Å². The van der Waals surface area contributed by atoms with Gasteiger partial charge in [0.05, 0.1) is 0 Å². The molecule has 1 aliphatic heterocycles. The van der Waals surface area contributed by atoms with Gasteiger partial charge in [-0.05, 0) is 78.3 Å². The molecule has 0 fully saturated rings. The molecule has 4 aromatic rings. The molecule has 33 heavy (non-hydrogen) atoms. The van der Waals surface area contributed by atoms with Gasteiger partial charge in [0, 0.05) is 16.8 Å². The molecule has 1 aromatic heterocycles. The zero-order valence-corrected chi connectivity index (χ0v) is 18.9. The molecule has 2 N–H and O–H groups in total. The molecule has 2 heterocycles. The fraction of sp³-hybridized carbons (Fsp3) is 0.160. The average molecular weight is 460 g/mol. The molecule has 7 nitrogen and oxygen atoms in total. The first-order valence-corrected chi connectivity index (χ1v) is 10.9. The van der Waals surface area contributed by atoms with Crippen molar-refractivity contribution in [2.45, 2.75) is 19.8 Å². The molecular formula is C25H21N3O4S. The number of carbonyl (C=O) groups is 1. The van der Waals surface area contributed by atoms with Crippen molar-refractivity contribution in [3.8, 4) is 23.0 Å². The van der Waals surface area contributed by atoms with E-state index in [1.54, 1.807) is 18.2 Å². The van der Waals surface area contributed by atoms with Crippen molar-refractivity contribution in [1.29, 1.82) is 0 Å². The maximum absolute atomic E-state index is 12.5. The van der Waals surface area contributed by atoms with Crippen molar-refractivity contribution >= 4 is 40.0 Å². The maximum Gasteiger partial charge on any atom is 0.257 e. The summed E-state index contributed by atoms with van der Waals surface area (Å²) < 4.78 is 16.5. The fourth-order valence-corrected chi connectivity index (χ4v) is 3.71. The highest BCUT2D eigenvalue weighted by atomic mass is 32.1. The van der Waals surface area contributed by atoms with Crippen LogP contribution >= 0.6 is 12.2 Å². The normalized spacial score (nSPS) is 12.2. The summed E-state index contributed by atoms with van der Waals surface area (Å²) in [6.07, 6.45) is 0. The highest BCUT2D eigenvalue weighted by Crippen LogP contribution is 2.32. The number of amides is 1. The summed E-state index contributed by atoms with van der Waals surface area (Å²) in [5.74, 6) is 1.79. The van der Waals surface area contributed by atoms with Gasteiger partial charge in [-0.1, -0.05) is 19.9 Å². The summed E-state index contributed by atoms with van der Waals surface area (Å²) in [5.41, 5.74) is 4.81. The van der Waals surface area contributed by atoms with Gasteiger partial charge in [-0.25, -0.2) is 4.98 Å². The smallest absolute Gasteiger partial charge is 0.257 e. The van der Waals surface area contributed by atoms with E-state index in [0.29, 0.717) is 28.9 Å². The Morgan fingerprint density at radius 1 is 1.00 bits per heavy atom. The number of nitrogens with zero attached hydrogens (tertiary/aromatic N) is 1. The lowest BCUT2D eigenvalue weighted by atomic mass is 10.0. The molecule has 1 amide bonds. The Hall–Kier alpha value is -3.91. The lowest BCUT2D eigenvalue weighted by Crippen LogP contribution is -2.34. The molecule has 5 rings (SSSR count). The quantitative estimate of drug-likeness (QED) is 0.391. The second-order valence-electron chi connectivity index (χ2n) is 7.95. The number of rotatable bonds is 4. The zero-order chi connectivity index (χ0) is 22.9. The van der Waals surface area contributed by atoms with Crippen LogP contribution in [0.4, 0.5) is 5.69 Å². The molecule has 0 saturated carbocycles. The third-order valence-corrected chi connectivity index (χ3v) is 5.53. The molecule has 166 valence electrons. The van der Waals surface area contributed by atoms with Gasteiger partial charge in [0.25, 0.3) is 5.91 Å². The molecular weight excluding hydrogens is 438 g/mol. The SMILES string of the molecule is CC(C)c1ccc2oc(-c3ccc(NC(=S)NC(=O)c4ccc5c(c4)OCO5)cc3)nc2c1. The Morgan fingerprint density at radius 2 is 1.79 bits per heavy atom. The van der Waals surface area contributed by atoms with E-state index in [4.69, 9.17) is 26.1 Å². The van der Waals surface area contributed by atoms with Crippen LogP contribution in [-0.4, -0.2) is 22.8 Å². The van der Waals surface area contributed by atoms with Crippen LogP contribution in [0.25, 0.3) is 22.6 Å². The predicted octanol–water partition coefficient (Wildman–Crippen LogP) is 5.47.